The van der Waals surface area contributed by atoms with E-state index in [0.717, 1.165) is 51.4 Å². The Morgan fingerprint density at radius 1 is 1.24 bits per heavy atom. The maximum atomic E-state index is 12.2. The normalized spacial score (nSPS) is 32.4. The summed E-state index contributed by atoms with van der Waals surface area (Å²) in [4.78, 5) is 12.2. The highest BCUT2D eigenvalue weighted by Crippen LogP contribution is 2.31. The van der Waals surface area contributed by atoms with Gasteiger partial charge >= 0.3 is 0 Å². The van der Waals surface area contributed by atoms with Crippen molar-refractivity contribution in [1.29, 1.82) is 0 Å². The molecule has 4 nitrogen and oxygen atoms in total. The number of nitrogens with one attached hydrogen (secondary N) is 1. The van der Waals surface area contributed by atoms with Gasteiger partial charge in [0, 0.05) is 6.04 Å². The molecule has 17 heavy (non-hydrogen) atoms. The minimum Gasteiger partial charge on any atom is -0.394 e. The van der Waals surface area contributed by atoms with Crippen LogP contribution in [0.4, 0.5) is 0 Å². The molecule has 0 aromatic heterocycles. The lowest BCUT2D eigenvalue weighted by molar-refractivity contribution is -0.129. The van der Waals surface area contributed by atoms with E-state index in [1.54, 1.807) is 0 Å². The average molecular weight is 240 g/mol. The maximum absolute atomic E-state index is 12.2. The first-order chi connectivity index (χ1) is 8.17. The molecule has 1 amide bonds. The van der Waals surface area contributed by atoms with E-state index in [9.17, 15) is 9.90 Å². The second kappa shape index (κ2) is 5.36. The van der Waals surface area contributed by atoms with E-state index in [2.05, 4.69) is 5.32 Å². The van der Waals surface area contributed by atoms with Crippen LogP contribution in [0.1, 0.15) is 51.4 Å². The van der Waals surface area contributed by atoms with Crippen molar-refractivity contribution >= 4 is 5.91 Å². The van der Waals surface area contributed by atoms with Crippen LogP contribution in [0.3, 0.4) is 0 Å². The lowest BCUT2D eigenvalue weighted by atomic mass is 9.83. The van der Waals surface area contributed by atoms with Crippen LogP contribution in [0.25, 0.3) is 0 Å². The Hall–Kier alpha value is -0.610. The van der Waals surface area contributed by atoms with Crippen molar-refractivity contribution in [2.75, 3.05) is 6.61 Å². The zero-order chi connectivity index (χ0) is 12.3. The van der Waals surface area contributed by atoms with E-state index in [0.29, 0.717) is 0 Å². The Morgan fingerprint density at radius 3 is 2.47 bits per heavy atom. The summed E-state index contributed by atoms with van der Waals surface area (Å²) in [6.45, 7) is 0.0562. The fourth-order valence-electron chi connectivity index (χ4n) is 3.21. The van der Waals surface area contributed by atoms with Crippen molar-refractivity contribution in [3.63, 3.8) is 0 Å². The van der Waals surface area contributed by atoms with E-state index in [4.69, 9.17) is 5.73 Å². The molecule has 0 spiro atoms. The molecule has 2 atom stereocenters. The number of nitrogens with two attached hydrogens (primary N) is 1. The van der Waals surface area contributed by atoms with Crippen LogP contribution in [0.15, 0.2) is 0 Å². The third kappa shape index (κ3) is 2.80. The highest BCUT2D eigenvalue weighted by atomic mass is 16.3. The Morgan fingerprint density at radius 2 is 1.88 bits per heavy atom. The molecule has 0 saturated heterocycles. The monoisotopic (exact) mass is 240 g/mol. The van der Waals surface area contributed by atoms with E-state index in [-0.39, 0.29) is 30.0 Å². The first kappa shape index (κ1) is 12.8. The number of hydrogen-bond donors (Lipinski definition) is 3. The van der Waals surface area contributed by atoms with Gasteiger partial charge < -0.3 is 16.2 Å². The zero-order valence-corrected chi connectivity index (χ0v) is 10.5. The summed E-state index contributed by atoms with van der Waals surface area (Å²) in [7, 11) is 0. The van der Waals surface area contributed by atoms with Gasteiger partial charge in [-0.15, -0.1) is 0 Å². The number of aliphatic hydroxyl groups is 1. The molecule has 0 aromatic rings. The molecule has 2 fully saturated rings. The minimum absolute atomic E-state index is 0.000830. The smallest absolute Gasteiger partial charge is 0.225 e. The Bertz CT molecular complexity index is 275. The van der Waals surface area contributed by atoms with Gasteiger partial charge in [0.25, 0.3) is 0 Å². The highest BCUT2D eigenvalue weighted by molar-refractivity contribution is 5.80. The SMILES string of the molecule is NC1CCCCC1C(=O)NC1(CO)CCCC1. The Kier molecular flexibility index (Phi) is 4.05. The fourth-order valence-corrected chi connectivity index (χ4v) is 3.21. The molecule has 0 heterocycles. The van der Waals surface area contributed by atoms with Crippen LogP contribution in [-0.2, 0) is 4.79 Å². The summed E-state index contributed by atoms with van der Waals surface area (Å²) in [6, 6.07) is 0.000830. The van der Waals surface area contributed by atoms with Crippen LogP contribution in [-0.4, -0.2) is 29.2 Å². The van der Waals surface area contributed by atoms with Crippen molar-refractivity contribution in [2.24, 2.45) is 11.7 Å². The van der Waals surface area contributed by atoms with E-state index in [1.165, 1.54) is 0 Å². The summed E-state index contributed by atoms with van der Waals surface area (Å²) >= 11 is 0. The van der Waals surface area contributed by atoms with Crippen molar-refractivity contribution in [3.8, 4) is 0 Å². The standard InChI is InChI=1S/C13H24N2O2/c14-11-6-2-1-5-10(11)12(17)15-13(9-16)7-3-4-8-13/h10-11,16H,1-9,14H2,(H,15,17). The molecule has 0 aliphatic heterocycles. The van der Waals surface area contributed by atoms with E-state index in [1.807, 2.05) is 0 Å². The van der Waals surface area contributed by atoms with Gasteiger partial charge in [0.2, 0.25) is 5.91 Å². The topological polar surface area (TPSA) is 75.4 Å². The number of carbonyl (C=O) groups is 1. The number of carbonyl (C=O) groups excluding carboxylic acids is 1. The molecule has 98 valence electrons. The van der Waals surface area contributed by atoms with Crippen molar-refractivity contribution in [1.82, 2.24) is 5.32 Å². The summed E-state index contributed by atoms with van der Waals surface area (Å²) in [5.74, 6) is 0.0147. The molecule has 4 heteroatoms. The zero-order valence-electron chi connectivity index (χ0n) is 10.5. The molecule has 2 rings (SSSR count). The first-order valence-corrected chi connectivity index (χ1v) is 6.85. The molecule has 0 radical (unpaired) electrons. The summed E-state index contributed by atoms with van der Waals surface area (Å²) < 4.78 is 0. The predicted octanol–water partition coefficient (Wildman–Crippen LogP) is 0.925. The second-order valence-corrected chi connectivity index (χ2v) is 5.69. The van der Waals surface area contributed by atoms with Crippen LogP contribution in [0.2, 0.25) is 0 Å². The van der Waals surface area contributed by atoms with Gasteiger partial charge in [-0.2, -0.15) is 0 Å². The van der Waals surface area contributed by atoms with Crippen LogP contribution in [0.5, 0.6) is 0 Å². The molecule has 2 aliphatic carbocycles. The van der Waals surface area contributed by atoms with Gasteiger partial charge in [-0.3, -0.25) is 4.79 Å². The largest absolute Gasteiger partial charge is 0.394 e. The van der Waals surface area contributed by atoms with Gasteiger partial charge in [-0.25, -0.2) is 0 Å². The van der Waals surface area contributed by atoms with Crippen LogP contribution in [0, 0.1) is 5.92 Å². The molecule has 2 unspecified atom stereocenters. The predicted molar refractivity (Wildman–Crippen MR) is 66.4 cm³/mol. The molecule has 0 bridgehead atoms. The number of rotatable bonds is 3. The lowest BCUT2D eigenvalue weighted by Crippen LogP contribution is -2.54. The summed E-state index contributed by atoms with van der Waals surface area (Å²) in [5, 5.41) is 12.6. The highest BCUT2D eigenvalue weighted by Gasteiger charge is 2.38. The van der Waals surface area contributed by atoms with Crippen molar-refractivity contribution in [3.05, 3.63) is 0 Å². The number of hydrogen-bond acceptors (Lipinski definition) is 3. The van der Waals surface area contributed by atoms with E-state index >= 15 is 0 Å². The number of aliphatic hydroxyl groups excluding tert-OH is 1. The van der Waals surface area contributed by atoms with Gasteiger partial charge in [0.1, 0.15) is 0 Å². The second-order valence-electron chi connectivity index (χ2n) is 5.69. The summed E-state index contributed by atoms with van der Waals surface area (Å²) in [6.07, 6.45) is 8.07. The molecule has 4 N–H and O–H groups in total. The van der Waals surface area contributed by atoms with Gasteiger partial charge in [-0.05, 0) is 25.7 Å². The fraction of sp³-hybridized carbons (Fsp3) is 0.923. The van der Waals surface area contributed by atoms with E-state index < -0.39 is 0 Å². The van der Waals surface area contributed by atoms with Crippen molar-refractivity contribution in [2.45, 2.75) is 62.9 Å². The van der Waals surface area contributed by atoms with Gasteiger partial charge in [0.05, 0.1) is 18.1 Å². The average Bonchev–Trinajstić information content (AvgIpc) is 2.79. The van der Waals surface area contributed by atoms with Crippen molar-refractivity contribution < 1.29 is 9.90 Å². The van der Waals surface area contributed by atoms with Crippen LogP contribution < -0.4 is 11.1 Å². The molecule has 2 saturated carbocycles. The minimum atomic E-state index is -0.353. The van der Waals surface area contributed by atoms with Crippen LogP contribution >= 0.6 is 0 Å². The third-order valence-corrected chi connectivity index (χ3v) is 4.41. The molecule has 2 aliphatic rings. The molecule has 0 aromatic carbocycles. The third-order valence-electron chi connectivity index (χ3n) is 4.41. The van der Waals surface area contributed by atoms with Gasteiger partial charge in [0.15, 0.2) is 0 Å². The molecular formula is C13H24N2O2. The quantitative estimate of drug-likeness (QED) is 0.687. The maximum Gasteiger partial charge on any atom is 0.225 e. The lowest BCUT2D eigenvalue weighted by Gasteiger charge is -2.33. The van der Waals surface area contributed by atoms with Gasteiger partial charge in [-0.1, -0.05) is 25.7 Å². The first-order valence-electron chi connectivity index (χ1n) is 6.85. The summed E-state index contributed by atoms with van der Waals surface area (Å²) in [5.41, 5.74) is 5.66. The Balaban J connectivity index is 1.95. The molecular weight excluding hydrogens is 216 g/mol. The Labute approximate surface area is 103 Å². The number of amides is 1.